The van der Waals surface area contributed by atoms with Crippen molar-refractivity contribution in [1.82, 2.24) is 5.32 Å². The number of fused-ring (bicyclic) bond motifs is 1. The molecule has 0 unspecified atom stereocenters. The van der Waals surface area contributed by atoms with E-state index in [1.54, 1.807) is 0 Å². The Bertz CT molecular complexity index is 265. The van der Waals surface area contributed by atoms with Gasteiger partial charge in [-0.2, -0.15) is 0 Å². The van der Waals surface area contributed by atoms with Crippen molar-refractivity contribution in [2.24, 2.45) is 0 Å². The lowest BCUT2D eigenvalue weighted by atomic mass is 10.2. The van der Waals surface area contributed by atoms with Crippen LogP contribution in [0.15, 0.2) is 36.5 Å². The molecule has 0 radical (unpaired) electrons. The average Bonchev–Trinajstić information content (AvgIpc) is 2.45. The van der Waals surface area contributed by atoms with E-state index in [2.05, 4.69) is 35.4 Å². The van der Waals surface area contributed by atoms with Crippen molar-refractivity contribution in [3.05, 3.63) is 42.1 Å². The Morgan fingerprint density at radius 3 is 2.54 bits per heavy atom. The average molecular weight is 176 g/mol. The zero-order valence-corrected chi connectivity index (χ0v) is 8.22. The monoisotopic (exact) mass is 176 g/mol. The number of benzene rings is 1. The number of rotatable bonds is 0. The summed E-state index contributed by atoms with van der Waals surface area (Å²) in [7, 11) is 3.75. The van der Waals surface area contributed by atoms with Crippen LogP contribution in [0.1, 0.15) is 5.56 Å². The minimum Gasteiger partial charge on any atom is -0.359 e. The molecule has 2 heteroatoms. The third kappa shape index (κ3) is 2.60. The molecule has 70 valence electrons. The molecule has 0 saturated heterocycles. The number of nitrogens with one attached hydrogen (secondary N) is 2. The van der Waals surface area contributed by atoms with Gasteiger partial charge >= 0.3 is 0 Å². The molecule has 1 aromatic carbocycles. The molecule has 0 saturated carbocycles. The van der Waals surface area contributed by atoms with Gasteiger partial charge in [0.05, 0.1) is 0 Å². The normalized spacial score (nSPS) is 12.6. The molecule has 0 amide bonds. The third-order valence-corrected chi connectivity index (χ3v) is 1.73. The number of hydrogen-bond acceptors (Lipinski definition) is 2. The first-order chi connectivity index (χ1) is 6.27. The van der Waals surface area contributed by atoms with Crippen LogP contribution < -0.4 is 10.6 Å². The second-order valence-electron chi connectivity index (χ2n) is 3.06. The summed E-state index contributed by atoms with van der Waals surface area (Å²) in [4.78, 5) is 0. The molecule has 2 nitrogen and oxygen atoms in total. The molecule has 13 heavy (non-hydrogen) atoms. The highest BCUT2D eigenvalue weighted by Gasteiger charge is 2.10. The van der Waals surface area contributed by atoms with E-state index in [9.17, 15) is 0 Å². The lowest BCUT2D eigenvalue weighted by Crippen LogP contribution is -1.89. The first-order valence-corrected chi connectivity index (χ1v) is 4.39. The zero-order chi connectivity index (χ0) is 9.68. The SMILES string of the molecule is C=C1Cc2ccccc2N1.CNC. The van der Waals surface area contributed by atoms with Crippen LogP contribution in [-0.4, -0.2) is 14.1 Å². The smallest absolute Gasteiger partial charge is 0.0418 e. The first-order valence-electron chi connectivity index (χ1n) is 4.39. The highest BCUT2D eigenvalue weighted by Crippen LogP contribution is 2.25. The maximum atomic E-state index is 3.86. The van der Waals surface area contributed by atoms with Gasteiger partial charge in [-0.3, -0.25) is 0 Å². The molecule has 1 heterocycles. The fourth-order valence-corrected chi connectivity index (χ4v) is 1.26. The minimum atomic E-state index is 0.982. The Balaban J connectivity index is 0.000000251. The molecular weight excluding hydrogens is 160 g/mol. The summed E-state index contributed by atoms with van der Waals surface area (Å²) in [6.07, 6.45) is 0.982. The first kappa shape index (κ1) is 9.81. The van der Waals surface area contributed by atoms with Gasteiger partial charge in [0.1, 0.15) is 0 Å². The van der Waals surface area contributed by atoms with E-state index in [4.69, 9.17) is 0 Å². The molecule has 0 aromatic heterocycles. The number of para-hydroxylation sites is 1. The van der Waals surface area contributed by atoms with Crippen LogP contribution in [0, 0.1) is 0 Å². The van der Waals surface area contributed by atoms with Crippen molar-refractivity contribution < 1.29 is 0 Å². The van der Waals surface area contributed by atoms with E-state index >= 15 is 0 Å². The van der Waals surface area contributed by atoms with Crippen LogP contribution in [0.3, 0.4) is 0 Å². The van der Waals surface area contributed by atoms with Crippen LogP contribution in [0.2, 0.25) is 0 Å². The van der Waals surface area contributed by atoms with Gasteiger partial charge in [-0.25, -0.2) is 0 Å². The zero-order valence-electron chi connectivity index (χ0n) is 8.22. The lowest BCUT2D eigenvalue weighted by Gasteiger charge is -1.95. The fourth-order valence-electron chi connectivity index (χ4n) is 1.26. The molecule has 1 aromatic rings. The van der Waals surface area contributed by atoms with E-state index in [-0.39, 0.29) is 0 Å². The summed E-state index contributed by atoms with van der Waals surface area (Å²) < 4.78 is 0. The highest BCUT2D eigenvalue weighted by molar-refractivity contribution is 5.61. The van der Waals surface area contributed by atoms with Gasteiger partial charge in [0.15, 0.2) is 0 Å². The fraction of sp³-hybridized carbons (Fsp3) is 0.273. The second kappa shape index (κ2) is 4.67. The van der Waals surface area contributed by atoms with Crippen molar-refractivity contribution in [3.8, 4) is 0 Å². The predicted molar refractivity (Wildman–Crippen MR) is 57.9 cm³/mol. The summed E-state index contributed by atoms with van der Waals surface area (Å²) in [5, 5.41) is 5.95. The highest BCUT2D eigenvalue weighted by atomic mass is 14.9. The molecule has 2 rings (SSSR count). The Labute approximate surface area is 79.7 Å². The van der Waals surface area contributed by atoms with Gasteiger partial charge in [0.2, 0.25) is 0 Å². The maximum absolute atomic E-state index is 3.86. The van der Waals surface area contributed by atoms with Crippen LogP contribution in [0.5, 0.6) is 0 Å². The van der Waals surface area contributed by atoms with Crippen molar-refractivity contribution >= 4 is 5.69 Å². The summed E-state index contributed by atoms with van der Waals surface area (Å²) in [6.45, 7) is 3.86. The van der Waals surface area contributed by atoms with Gasteiger partial charge in [-0.1, -0.05) is 24.8 Å². The summed E-state index contributed by atoms with van der Waals surface area (Å²) in [5.74, 6) is 0. The van der Waals surface area contributed by atoms with Crippen molar-refractivity contribution in [1.29, 1.82) is 0 Å². The molecule has 1 aliphatic rings. The van der Waals surface area contributed by atoms with E-state index < -0.39 is 0 Å². The van der Waals surface area contributed by atoms with Crippen molar-refractivity contribution in [3.63, 3.8) is 0 Å². The summed E-state index contributed by atoms with van der Waals surface area (Å²) in [5.41, 5.74) is 3.67. The van der Waals surface area contributed by atoms with Gasteiger partial charge in [0, 0.05) is 17.8 Å². The van der Waals surface area contributed by atoms with Crippen molar-refractivity contribution in [2.45, 2.75) is 6.42 Å². The number of hydrogen-bond donors (Lipinski definition) is 2. The Morgan fingerprint density at radius 2 is 1.92 bits per heavy atom. The number of anilines is 1. The Morgan fingerprint density at radius 1 is 1.31 bits per heavy atom. The Hall–Kier alpha value is -1.28. The topological polar surface area (TPSA) is 24.1 Å². The molecule has 0 bridgehead atoms. The van der Waals surface area contributed by atoms with Gasteiger partial charge in [-0.05, 0) is 25.7 Å². The molecular formula is C11H16N2. The van der Waals surface area contributed by atoms with Crippen LogP contribution in [0.25, 0.3) is 0 Å². The van der Waals surface area contributed by atoms with Gasteiger partial charge < -0.3 is 10.6 Å². The van der Waals surface area contributed by atoms with Crippen molar-refractivity contribution in [2.75, 3.05) is 19.4 Å². The quantitative estimate of drug-likeness (QED) is 0.632. The molecule has 0 spiro atoms. The van der Waals surface area contributed by atoms with Crippen LogP contribution in [-0.2, 0) is 6.42 Å². The molecule has 0 atom stereocenters. The molecule has 0 aliphatic carbocycles. The van der Waals surface area contributed by atoms with E-state index in [1.807, 2.05) is 20.2 Å². The number of allylic oxidation sites excluding steroid dienone is 1. The van der Waals surface area contributed by atoms with Gasteiger partial charge in [0.25, 0.3) is 0 Å². The minimum absolute atomic E-state index is 0.982. The second-order valence-corrected chi connectivity index (χ2v) is 3.06. The summed E-state index contributed by atoms with van der Waals surface area (Å²) in [6, 6.07) is 8.29. The van der Waals surface area contributed by atoms with Gasteiger partial charge in [-0.15, -0.1) is 0 Å². The standard InChI is InChI=1S/C9H9N.C2H7N/c1-7-6-8-4-2-3-5-9(8)10-7;1-3-2/h2-5,10H,1,6H2;3H,1-2H3. The van der Waals surface area contributed by atoms with E-state index in [0.717, 1.165) is 12.1 Å². The predicted octanol–water partition coefficient (Wildman–Crippen LogP) is 2.00. The summed E-state index contributed by atoms with van der Waals surface area (Å²) >= 11 is 0. The van der Waals surface area contributed by atoms with Crippen LogP contribution in [0.4, 0.5) is 5.69 Å². The molecule has 0 fully saturated rings. The molecule has 1 aliphatic heterocycles. The third-order valence-electron chi connectivity index (χ3n) is 1.73. The maximum Gasteiger partial charge on any atom is 0.0418 e. The lowest BCUT2D eigenvalue weighted by molar-refractivity contribution is 1.02. The molecule has 2 N–H and O–H groups in total. The largest absolute Gasteiger partial charge is 0.359 e. The van der Waals surface area contributed by atoms with Crippen LogP contribution >= 0.6 is 0 Å². The van der Waals surface area contributed by atoms with E-state index in [0.29, 0.717) is 0 Å². The van der Waals surface area contributed by atoms with E-state index in [1.165, 1.54) is 11.3 Å². The Kier molecular flexibility index (Phi) is 3.53.